The molecule has 0 saturated carbocycles. The summed E-state index contributed by atoms with van der Waals surface area (Å²) < 4.78 is 0. The third kappa shape index (κ3) is 1.90. The molecular formula is C11H9S2. The second-order valence-electron chi connectivity index (χ2n) is 2.58. The number of thiophene rings is 2. The van der Waals surface area contributed by atoms with Crippen molar-refractivity contribution in [1.82, 2.24) is 0 Å². The molecule has 0 atom stereocenters. The van der Waals surface area contributed by atoms with E-state index in [4.69, 9.17) is 0 Å². The Hall–Kier alpha value is -0.860. The first kappa shape index (κ1) is 8.73. The van der Waals surface area contributed by atoms with Gasteiger partial charge in [-0.1, -0.05) is 12.1 Å². The molecule has 0 aliphatic heterocycles. The Morgan fingerprint density at radius 2 is 2.08 bits per heavy atom. The minimum Gasteiger partial charge on any atom is -0.143 e. The number of allylic oxidation sites excluding steroid dienone is 1. The molecule has 2 rings (SSSR count). The van der Waals surface area contributed by atoms with E-state index in [1.54, 1.807) is 22.7 Å². The highest BCUT2D eigenvalue weighted by Gasteiger charge is 2.00. The Morgan fingerprint density at radius 3 is 2.77 bits per heavy atom. The molecule has 0 aromatic carbocycles. The summed E-state index contributed by atoms with van der Waals surface area (Å²) in [7, 11) is 0. The van der Waals surface area contributed by atoms with Crippen LogP contribution in [0.2, 0.25) is 0 Å². The van der Waals surface area contributed by atoms with Crippen molar-refractivity contribution >= 4 is 28.7 Å². The lowest BCUT2D eigenvalue weighted by Gasteiger charge is -1.86. The van der Waals surface area contributed by atoms with Gasteiger partial charge in [0.05, 0.1) is 0 Å². The van der Waals surface area contributed by atoms with Crippen molar-refractivity contribution in [2.45, 2.75) is 0 Å². The van der Waals surface area contributed by atoms with Gasteiger partial charge in [-0.15, -0.1) is 22.7 Å². The van der Waals surface area contributed by atoms with Crippen molar-refractivity contribution in [3.8, 4) is 9.75 Å². The van der Waals surface area contributed by atoms with Crippen molar-refractivity contribution in [1.29, 1.82) is 0 Å². The standard InChI is InChI=1S/C11H9S2/c1-2-4-9-6-7-11(13-9)10-5-3-8-12-10/h2-8H,1H2/b4-2+. The van der Waals surface area contributed by atoms with Crippen molar-refractivity contribution in [2.75, 3.05) is 0 Å². The van der Waals surface area contributed by atoms with E-state index in [-0.39, 0.29) is 0 Å². The molecule has 0 aliphatic rings. The van der Waals surface area contributed by atoms with E-state index in [0.717, 1.165) is 0 Å². The van der Waals surface area contributed by atoms with Crippen LogP contribution in [0.15, 0.2) is 35.7 Å². The van der Waals surface area contributed by atoms with Crippen LogP contribution in [0, 0.1) is 6.92 Å². The Kier molecular flexibility index (Phi) is 2.62. The molecule has 65 valence electrons. The van der Waals surface area contributed by atoms with Gasteiger partial charge in [-0.05, 0) is 36.6 Å². The molecule has 0 amide bonds. The summed E-state index contributed by atoms with van der Waals surface area (Å²) in [5.41, 5.74) is 0. The zero-order valence-electron chi connectivity index (χ0n) is 7.07. The number of rotatable bonds is 2. The van der Waals surface area contributed by atoms with E-state index >= 15 is 0 Å². The van der Waals surface area contributed by atoms with Crippen LogP contribution in [0.25, 0.3) is 15.8 Å². The van der Waals surface area contributed by atoms with Gasteiger partial charge in [-0.25, -0.2) is 0 Å². The first-order valence-electron chi connectivity index (χ1n) is 3.99. The van der Waals surface area contributed by atoms with Gasteiger partial charge >= 0.3 is 0 Å². The van der Waals surface area contributed by atoms with Crippen LogP contribution in [-0.2, 0) is 0 Å². The lowest BCUT2D eigenvalue weighted by atomic mass is 10.3. The summed E-state index contributed by atoms with van der Waals surface area (Å²) in [6.07, 6.45) is 3.85. The predicted octanol–water partition coefficient (Wildman–Crippen LogP) is 4.32. The van der Waals surface area contributed by atoms with E-state index in [1.807, 2.05) is 12.2 Å². The van der Waals surface area contributed by atoms with Crippen LogP contribution in [0.1, 0.15) is 4.88 Å². The molecule has 13 heavy (non-hydrogen) atoms. The van der Waals surface area contributed by atoms with Crippen LogP contribution >= 0.6 is 22.7 Å². The first-order chi connectivity index (χ1) is 6.40. The molecule has 0 bridgehead atoms. The highest BCUT2D eigenvalue weighted by atomic mass is 32.1. The molecular weight excluding hydrogens is 196 g/mol. The average Bonchev–Trinajstić information content (AvgIpc) is 2.70. The fourth-order valence-electron chi connectivity index (χ4n) is 1.11. The average molecular weight is 205 g/mol. The van der Waals surface area contributed by atoms with E-state index < -0.39 is 0 Å². The summed E-state index contributed by atoms with van der Waals surface area (Å²) in [4.78, 5) is 3.94. The van der Waals surface area contributed by atoms with Crippen LogP contribution < -0.4 is 0 Å². The smallest absolute Gasteiger partial charge is 0.0448 e. The third-order valence-electron chi connectivity index (χ3n) is 1.67. The summed E-state index contributed by atoms with van der Waals surface area (Å²) in [5.74, 6) is 0. The van der Waals surface area contributed by atoms with E-state index in [9.17, 15) is 0 Å². The zero-order chi connectivity index (χ0) is 9.10. The van der Waals surface area contributed by atoms with E-state index in [0.29, 0.717) is 0 Å². The van der Waals surface area contributed by atoms with Crippen LogP contribution in [0.5, 0.6) is 0 Å². The van der Waals surface area contributed by atoms with Crippen molar-refractivity contribution in [3.05, 3.63) is 47.5 Å². The summed E-state index contributed by atoms with van der Waals surface area (Å²) >= 11 is 3.58. The highest BCUT2D eigenvalue weighted by molar-refractivity contribution is 7.21. The molecule has 0 spiro atoms. The zero-order valence-corrected chi connectivity index (χ0v) is 8.70. The Labute approximate surface area is 86.2 Å². The van der Waals surface area contributed by atoms with Gasteiger partial charge in [0, 0.05) is 14.6 Å². The second kappa shape index (κ2) is 3.90. The lowest BCUT2D eigenvalue weighted by molar-refractivity contribution is 1.91. The van der Waals surface area contributed by atoms with Gasteiger partial charge in [0.25, 0.3) is 0 Å². The molecule has 0 unspecified atom stereocenters. The maximum atomic E-state index is 3.68. The van der Waals surface area contributed by atoms with Gasteiger partial charge in [-0.3, -0.25) is 0 Å². The molecule has 0 saturated heterocycles. The van der Waals surface area contributed by atoms with Crippen molar-refractivity contribution in [2.24, 2.45) is 0 Å². The number of hydrogen-bond donors (Lipinski definition) is 0. The molecule has 0 aliphatic carbocycles. The van der Waals surface area contributed by atoms with Crippen LogP contribution in [0.4, 0.5) is 0 Å². The van der Waals surface area contributed by atoms with Gasteiger partial charge in [0.2, 0.25) is 0 Å². The maximum absolute atomic E-state index is 3.68. The normalized spacial score (nSPS) is 11.2. The minimum absolute atomic E-state index is 1.26. The highest BCUT2D eigenvalue weighted by Crippen LogP contribution is 2.31. The van der Waals surface area contributed by atoms with Gasteiger partial charge in [-0.2, -0.15) is 0 Å². The topological polar surface area (TPSA) is 0 Å². The summed E-state index contributed by atoms with van der Waals surface area (Å²) in [6.45, 7) is 3.68. The SMILES string of the molecule is [CH2]/C=C/c1ccc(-c2cccs2)s1. The molecule has 0 fully saturated rings. The Bertz CT molecular complexity index is 393. The Balaban J connectivity index is 2.33. The molecule has 1 radical (unpaired) electrons. The predicted molar refractivity (Wildman–Crippen MR) is 62.0 cm³/mol. The van der Waals surface area contributed by atoms with Gasteiger partial charge < -0.3 is 0 Å². The monoisotopic (exact) mass is 205 g/mol. The van der Waals surface area contributed by atoms with Crippen LogP contribution in [-0.4, -0.2) is 0 Å². The molecule has 2 aromatic rings. The quantitative estimate of drug-likeness (QED) is 0.684. The fourth-order valence-corrected chi connectivity index (χ4v) is 2.88. The molecule has 0 nitrogen and oxygen atoms in total. The second-order valence-corrected chi connectivity index (χ2v) is 4.64. The third-order valence-corrected chi connectivity index (χ3v) is 3.79. The summed E-state index contributed by atoms with van der Waals surface area (Å²) in [6, 6.07) is 8.51. The van der Waals surface area contributed by atoms with Crippen LogP contribution in [0.3, 0.4) is 0 Å². The van der Waals surface area contributed by atoms with Gasteiger partial charge in [0.15, 0.2) is 0 Å². The largest absolute Gasteiger partial charge is 0.143 e. The van der Waals surface area contributed by atoms with E-state index in [1.165, 1.54) is 14.6 Å². The Morgan fingerprint density at radius 1 is 1.15 bits per heavy atom. The fraction of sp³-hybridized carbons (Fsp3) is 0. The number of hydrogen-bond acceptors (Lipinski definition) is 2. The first-order valence-corrected chi connectivity index (χ1v) is 5.69. The molecule has 2 heteroatoms. The van der Waals surface area contributed by atoms with E-state index in [2.05, 4.69) is 36.6 Å². The minimum atomic E-state index is 1.26. The lowest BCUT2D eigenvalue weighted by Crippen LogP contribution is -1.55. The molecule has 2 aromatic heterocycles. The maximum Gasteiger partial charge on any atom is 0.0448 e. The molecule has 2 heterocycles. The van der Waals surface area contributed by atoms with Gasteiger partial charge in [0.1, 0.15) is 0 Å². The van der Waals surface area contributed by atoms with Crippen molar-refractivity contribution < 1.29 is 0 Å². The summed E-state index contributed by atoms with van der Waals surface area (Å²) in [5, 5.41) is 2.10. The van der Waals surface area contributed by atoms with Crippen molar-refractivity contribution in [3.63, 3.8) is 0 Å². The molecule has 0 N–H and O–H groups in total.